The molecule has 2 amide bonds. The van der Waals surface area contributed by atoms with Crippen LogP contribution in [0.25, 0.3) is 0 Å². The lowest BCUT2D eigenvalue weighted by molar-refractivity contribution is 0.0937. The molecule has 3 aromatic rings. The SMILES string of the molecule is COc1ccc([C@H](CNC(=O)c2ccc(NC(=O)c3cccs3)cc2)N2CCCC2)cc1. The summed E-state index contributed by atoms with van der Waals surface area (Å²) in [4.78, 5) is 28.0. The summed E-state index contributed by atoms with van der Waals surface area (Å²) in [7, 11) is 1.66. The summed E-state index contributed by atoms with van der Waals surface area (Å²) in [6.07, 6.45) is 2.36. The van der Waals surface area contributed by atoms with Crippen LogP contribution in [0.5, 0.6) is 5.75 Å². The van der Waals surface area contributed by atoms with Crippen molar-refractivity contribution in [1.82, 2.24) is 10.2 Å². The lowest BCUT2D eigenvalue weighted by Gasteiger charge is -2.28. The molecule has 0 radical (unpaired) electrons. The van der Waals surface area contributed by atoms with E-state index in [0.29, 0.717) is 22.7 Å². The van der Waals surface area contributed by atoms with Gasteiger partial charge in [0.1, 0.15) is 5.75 Å². The zero-order chi connectivity index (χ0) is 22.3. The van der Waals surface area contributed by atoms with Gasteiger partial charge in [0.25, 0.3) is 11.8 Å². The number of hydrogen-bond donors (Lipinski definition) is 2. The molecule has 7 heteroatoms. The molecule has 4 rings (SSSR count). The number of anilines is 1. The van der Waals surface area contributed by atoms with Crippen molar-refractivity contribution in [3.8, 4) is 5.75 Å². The fraction of sp³-hybridized carbons (Fsp3) is 0.280. The van der Waals surface area contributed by atoms with Gasteiger partial charge in [0.2, 0.25) is 0 Å². The number of carbonyl (C=O) groups excluding carboxylic acids is 2. The zero-order valence-corrected chi connectivity index (χ0v) is 18.9. The Morgan fingerprint density at radius 2 is 1.72 bits per heavy atom. The van der Waals surface area contributed by atoms with Crippen LogP contribution in [0.1, 0.15) is 44.5 Å². The lowest BCUT2D eigenvalue weighted by Crippen LogP contribution is -2.36. The Labute approximate surface area is 192 Å². The van der Waals surface area contributed by atoms with E-state index in [1.807, 2.05) is 23.6 Å². The second kappa shape index (κ2) is 10.4. The van der Waals surface area contributed by atoms with Crippen molar-refractivity contribution >= 4 is 28.8 Å². The van der Waals surface area contributed by atoms with Crippen LogP contribution in [0.4, 0.5) is 5.69 Å². The number of thiophene rings is 1. The normalized spacial score (nSPS) is 14.7. The molecule has 1 saturated heterocycles. The van der Waals surface area contributed by atoms with Gasteiger partial charge in [0.05, 0.1) is 18.0 Å². The fourth-order valence-corrected chi connectivity index (χ4v) is 4.55. The molecule has 2 N–H and O–H groups in total. The maximum atomic E-state index is 12.8. The molecule has 0 bridgehead atoms. The fourth-order valence-electron chi connectivity index (χ4n) is 3.93. The van der Waals surface area contributed by atoms with Crippen LogP contribution in [-0.2, 0) is 0 Å². The van der Waals surface area contributed by atoms with Crippen molar-refractivity contribution in [2.75, 3.05) is 32.1 Å². The highest BCUT2D eigenvalue weighted by Gasteiger charge is 2.24. The van der Waals surface area contributed by atoms with Crippen LogP contribution in [0.15, 0.2) is 66.0 Å². The Bertz CT molecular complexity index is 1030. The van der Waals surface area contributed by atoms with Gasteiger partial charge in [-0.2, -0.15) is 0 Å². The summed E-state index contributed by atoms with van der Waals surface area (Å²) >= 11 is 1.39. The summed E-state index contributed by atoms with van der Waals surface area (Å²) in [6, 6.07) is 18.8. The largest absolute Gasteiger partial charge is 0.497 e. The Kier molecular flexibility index (Phi) is 7.19. The topological polar surface area (TPSA) is 70.7 Å². The summed E-state index contributed by atoms with van der Waals surface area (Å²) in [5.41, 5.74) is 2.39. The van der Waals surface area contributed by atoms with E-state index in [2.05, 4.69) is 27.7 Å². The van der Waals surface area contributed by atoms with E-state index in [9.17, 15) is 9.59 Å². The molecule has 2 heterocycles. The second-order valence-corrected chi connectivity index (χ2v) is 8.70. The number of ether oxygens (including phenoxy) is 1. The maximum absolute atomic E-state index is 12.8. The van der Waals surface area contributed by atoms with Crippen molar-refractivity contribution in [3.05, 3.63) is 82.0 Å². The van der Waals surface area contributed by atoms with Gasteiger partial charge in [-0.1, -0.05) is 18.2 Å². The van der Waals surface area contributed by atoms with Crippen LogP contribution in [-0.4, -0.2) is 43.5 Å². The second-order valence-electron chi connectivity index (χ2n) is 7.75. The number of carbonyl (C=O) groups is 2. The van der Waals surface area contributed by atoms with Crippen LogP contribution in [0.2, 0.25) is 0 Å². The van der Waals surface area contributed by atoms with Crippen LogP contribution >= 0.6 is 11.3 Å². The van der Waals surface area contributed by atoms with Crippen molar-refractivity contribution in [2.45, 2.75) is 18.9 Å². The number of likely N-dealkylation sites (tertiary alicyclic amines) is 1. The summed E-state index contributed by atoms with van der Waals surface area (Å²) in [6.45, 7) is 2.60. The van der Waals surface area contributed by atoms with Crippen LogP contribution in [0.3, 0.4) is 0 Å². The molecule has 0 aliphatic carbocycles. The van der Waals surface area contributed by atoms with E-state index < -0.39 is 0 Å². The van der Waals surface area contributed by atoms with Crippen molar-refractivity contribution in [3.63, 3.8) is 0 Å². The molecule has 1 aliphatic heterocycles. The average molecular weight is 450 g/mol. The highest BCUT2D eigenvalue weighted by atomic mass is 32.1. The quantitative estimate of drug-likeness (QED) is 0.528. The lowest BCUT2D eigenvalue weighted by atomic mass is 10.0. The Hall–Kier alpha value is -3.16. The van der Waals surface area contributed by atoms with Gasteiger partial charge >= 0.3 is 0 Å². The molecular formula is C25H27N3O3S. The molecule has 32 heavy (non-hydrogen) atoms. The standard InChI is InChI=1S/C25H27N3O3S/c1-31-21-12-8-18(9-13-21)22(28-14-2-3-15-28)17-26-24(29)19-6-10-20(11-7-19)27-25(30)23-5-4-16-32-23/h4-13,16,22H,2-3,14-15,17H2,1H3,(H,26,29)(H,27,30)/t22-/m0/s1. The highest BCUT2D eigenvalue weighted by Crippen LogP contribution is 2.26. The number of nitrogens with one attached hydrogen (secondary N) is 2. The average Bonchev–Trinajstić information content (AvgIpc) is 3.55. The van der Waals surface area contributed by atoms with Crippen LogP contribution < -0.4 is 15.4 Å². The number of nitrogens with zero attached hydrogens (tertiary/aromatic N) is 1. The monoisotopic (exact) mass is 449 g/mol. The molecule has 1 atom stereocenters. The van der Waals surface area contributed by atoms with Crippen LogP contribution in [0, 0.1) is 0 Å². The summed E-state index contributed by atoms with van der Waals surface area (Å²) in [5.74, 6) is 0.549. The van der Waals surface area contributed by atoms with Gasteiger partial charge in [-0.15, -0.1) is 11.3 Å². The molecule has 0 spiro atoms. The van der Waals surface area contributed by atoms with E-state index in [1.54, 1.807) is 37.4 Å². The third kappa shape index (κ3) is 5.36. The molecule has 0 unspecified atom stereocenters. The summed E-state index contributed by atoms with van der Waals surface area (Å²) < 4.78 is 5.28. The number of hydrogen-bond acceptors (Lipinski definition) is 5. The van der Waals surface area contributed by atoms with Gasteiger partial charge in [0.15, 0.2) is 0 Å². The Balaban J connectivity index is 1.38. The van der Waals surface area contributed by atoms with Gasteiger partial charge in [-0.3, -0.25) is 14.5 Å². The maximum Gasteiger partial charge on any atom is 0.265 e. The van der Waals surface area contributed by atoms with Crippen molar-refractivity contribution in [2.24, 2.45) is 0 Å². The van der Waals surface area contributed by atoms with Gasteiger partial charge in [-0.25, -0.2) is 0 Å². The van der Waals surface area contributed by atoms with E-state index in [-0.39, 0.29) is 17.9 Å². The Morgan fingerprint density at radius 1 is 1.00 bits per heavy atom. The smallest absolute Gasteiger partial charge is 0.265 e. The number of amides is 2. The van der Waals surface area contributed by atoms with Crippen molar-refractivity contribution in [1.29, 1.82) is 0 Å². The first-order valence-electron chi connectivity index (χ1n) is 10.7. The molecule has 2 aromatic carbocycles. The van der Waals surface area contributed by atoms with E-state index in [1.165, 1.54) is 29.7 Å². The molecule has 1 aliphatic rings. The number of methoxy groups -OCH3 is 1. The first kappa shape index (κ1) is 22.0. The third-order valence-corrected chi connectivity index (χ3v) is 6.56. The third-order valence-electron chi connectivity index (χ3n) is 5.69. The van der Waals surface area contributed by atoms with E-state index in [0.717, 1.165) is 18.8 Å². The molecule has 166 valence electrons. The molecule has 1 fully saturated rings. The minimum atomic E-state index is -0.148. The highest BCUT2D eigenvalue weighted by molar-refractivity contribution is 7.12. The van der Waals surface area contributed by atoms with E-state index in [4.69, 9.17) is 4.74 Å². The molecule has 1 aromatic heterocycles. The predicted molar refractivity (Wildman–Crippen MR) is 128 cm³/mol. The van der Waals surface area contributed by atoms with Gasteiger partial charge in [-0.05, 0) is 79.3 Å². The minimum absolute atomic E-state index is 0.122. The van der Waals surface area contributed by atoms with E-state index >= 15 is 0 Å². The first-order chi connectivity index (χ1) is 15.6. The molecule has 6 nitrogen and oxygen atoms in total. The number of rotatable bonds is 8. The molecular weight excluding hydrogens is 422 g/mol. The number of benzene rings is 2. The Morgan fingerprint density at radius 3 is 2.34 bits per heavy atom. The van der Waals surface area contributed by atoms with Crippen molar-refractivity contribution < 1.29 is 14.3 Å². The summed E-state index contributed by atoms with van der Waals surface area (Å²) in [5, 5.41) is 7.80. The van der Waals surface area contributed by atoms with Gasteiger partial charge in [0, 0.05) is 17.8 Å². The predicted octanol–water partition coefficient (Wildman–Crippen LogP) is 4.58. The zero-order valence-electron chi connectivity index (χ0n) is 18.0. The van der Waals surface area contributed by atoms with Gasteiger partial charge < -0.3 is 15.4 Å². The minimum Gasteiger partial charge on any atom is -0.497 e. The molecule has 0 saturated carbocycles. The first-order valence-corrected chi connectivity index (χ1v) is 11.6.